The molecule has 0 spiro atoms. The zero-order valence-corrected chi connectivity index (χ0v) is 14.0. The van der Waals surface area contributed by atoms with Gasteiger partial charge in [-0.15, -0.1) is 0 Å². The van der Waals surface area contributed by atoms with Crippen molar-refractivity contribution in [3.63, 3.8) is 0 Å². The number of hydrogen-bond donors (Lipinski definition) is 1. The Morgan fingerprint density at radius 1 is 1.25 bits per heavy atom. The molecule has 0 unspecified atom stereocenters. The lowest BCUT2D eigenvalue weighted by Crippen LogP contribution is -2.14. The van der Waals surface area contributed by atoms with Crippen LogP contribution in [0.2, 0.25) is 0 Å². The van der Waals surface area contributed by atoms with Gasteiger partial charge in [-0.2, -0.15) is 0 Å². The van der Waals surface area contributed by atoms with Crippen molar-refractivity contribution in [2.24, 2.45) is 0 Å². The minimum atomic E-state index is 0.434. The minimum Gasteiger partial charge on any atom is -0.484 e. The van der Waals surface area contributed by atoms with Crippen LogP contribution in [0.4, 0.5) is 0 Å². The van der Waals surface area contributed by atoms with Crippen molar-refractivity contribution in [2.45, 2.75) is 32.0 Å². The predicted octanol–water partition coefficient (Wildman–Crippen LogP) is 4.64. The molecule has 0 saturated heterocycles. The summed E-state index contributed by atoms with van der Waals surface area (Å²) >= 11 is 6.90. The first-order valence-corrected chi connectivity index (χ1v) is 8.17. The van der Waals surface area contributed by atoms with Crippen LogP contribution in [0.3, 0.4) is 0 Å². The van der Waals surface area contributed by atoms with E-state index in [-0.39, 0.29) is 0 Å². The van der Waals surface area contributed by atoms with E-state index in [1.807, 2.05) is 24.3 Å². The van der Waals surface area contributed by atoms with Crippen LogP contribution in [-0.2, 0) is 13.2 Å². The van der Waals surface area contributed by atoms with Crippen LogP contribution in [0.1, 0.15) is 24.2 Å². The Kier molecular flexibility index (Phi) is 4.48. The number of ether oxygens (including phenoxy) is 1. The molecule has 0 atom stereocenters. The molecule has 5 heteroatoms. The Bertz CT molecular complexity index is 593. The topological polar surface area (TPSA) is 34.4 Å². The molecule has 3 rings (SSSR count). The second kappa shape index (κ2) is 6.33. The van der Waals surface area contributed by atoms with Gasteiger partial charge in [-0.1, -0.05) is 15.9 Å². The third kappa shape index (κ3) is 3.87. The molecule has 3 nitrogen and oxygen atoms in total. The van der Waals surface area contributed by atoms with E-state index in [0.717, 1.165) is 27.0 Å². The van der Waals surface area contributed by atoms with Gasteiger partial charge in [0.05, 0.1) is 10.7 Å². The number of rotatable bonds is 6. The summed E-state index contributed by atoms with van der Waals surface area (Å²) in [5, 5.41) is 3.46. The molecule has 0 bridgehead atoms. The fourth-order valence-corrected chi connectivity index (χ4v) is 3.05. The Balaban J connectivity index is 1.54. The third-order valence-electron chi connectivity index (χ3n) is 3.14. The van der Waals surface area contributed by atoms with Crippen LogP contribution in [0.15, 0.2) is 43.9 Å². The third-order valence-corrected chi connectivity index (χ3v) is 4.26. The molecule has 1 N–H and O–H groups in total. The van der Waals surface area contributed by atoms with Gasteiger partial charge in [0.15, 0.2) is 0 Å². The molecule has 20 heavy (non-hydrogen) atoms. The van der Waals surface area contributed by atoms with Crippen molar-refractivity contribution >= 4 is 31.9 Å². The number of halogens is 2. The fourth-order valence-electron chi connectivity index (χ4n) is 1.89. The zero-order valence-electron chi connectivity index (χ0n) is 10.9. The van der Waals surface area contributed by atoms with Gasteiger partial charge in [-0.25, -0.2) is 0 Å². The molecule has 1 heterocycles. The minimum absolute atomic E-state index is 0.434. The maximum absolute atomic E-state index is 5.75. The van der Waals surface area contributed by atoms with Gasteiger partial charge in [0.1, 0.15) is 18.1 Å². The Morgan fingerprint density at radius 2 is 2.10 bits per heavy atom. The molecule has 106 valence electrons. The second-order valence-electron chi connectivity index (χ2n) is 4.94. The summed E-state index contributed by atoms with van der Waals surface area (Å²) in [6.07, 6.45) is 4.39. The Morgan fingerprint density at radius 3 is 2.85 bits per heavy atom. The smallest absolute Gasteiger partial charge is 0.146 e. The summed E-state index contributed by atoms with van der Waals surface area (Å²) in [4.78, 5) is 0. The van der Waals surface area contributed by atoms with Gasteiger partial charge in [-0.3, -0.25) is 0 Å². The van der Waals surface area contributed by atoms with Crippen molar-refractivity contribution in [2.75, 3.05) is 0 Å². The van der Waals surface area contributed by atoms with E-state index in [9.17, 15) is 0 Å². The first-order chi connectivity index (χ1) is 9.70. The molecule has 1 aliphatic rings. The van der Waals surface area contributed by atoms with Gasteiger partial charge >= 0.3 is 0 Å². The summed E-state index contributed by atoms with van der Waals surface area (Å²) < 4.78 is 13.2. The highest BCUT2D eigenvalue weighted by atomic mass is 79.9. The fraction of sp³-hybridized carbons (Fsp3) is 0.333. The predicted molar refractivity (Wildman–Crippen MR) is 84.7 cm³/mol. The summed E-state index contributed by atoms with van der Waals surface area (Å²) in [5.41, 5.74) is 1.17. The van der Waals surface area contributed by atoms with Gasteiger partial charge in [0.2, 0.25) is 0 Å². The highest BCUT2D eigenvalue weighted by molar-refractivity contribution is 9.11. The van der Waals surface area contributed by atoms with Crippen molar-refractivity contribution in [1.29, 1.82) is 0 Å². The van der Waals surface area contributed by atoms with Crippen LogP contribution in [0.25, 0.3) is 0 Å². The van der Waals surface area contributed by atoms with Crippen LogP contribution >= 0.6 is 31.9 Å². The normalized spacial score (nSPS) is 14.5. The van der Waals surface area contributed by atoms with E-state index < -0.39 is 0 Å². The molecule has 0 aliphatic heterocycles. The lowest BCUT2D eigenvalue weighted by molar-refractivity contribution is 0.268. The van der Waals surface area contributed by atoms with Crippen LogP contribution in [0, 0.1) is 0 Å². The maximum Gasteiger partial charge on any atom is 0.146 e. The van der Waals surface area contributed by atoms with Gasteiger partial charge in [0, 0.05) is 22.6 Å². The average Bonchev–Trinajstić information content (AvgIpc) is 3.14. The van der Waals surface area contributed by atoms with E-state index >= 15 is 0 Å². The second-order valence-corrected chi connectivity index (χ2v) is 6.71. The molecular weight excluding hydrogens is 386 g/mol. The summed E-state index contributed by atoms with van der Waals surface area (Å²) in [6.45, 7) is 1.31. The standard InChI is InChI=1S/C15H15Br2NO2/c16-11-1-4-15(14(17)6-11)20-9-13-5-10(8-19-13)7-18-12-2-3-12/h1,4-6,8,12,18H,2-3,7,9H2. The van der Waals surface area contributed by atoms with Crippen LogP contribution < -0.4 is 10.1 Å². The maximum atomic E-state index is 5.75. The van der Waals surface area contributed by atoms with Gasteiger partial charge in [0.25, 0.3) is 0 Å². The summed E-state index contributed by atoms with van der Waals surface area (Å²) in [7, 11) is 0. The quantitative estimate of drug-likeness (QED) is 0.767. The van der Waals surface area contributed by atoms with Crippen LogP contribution in [0.5, 0.6) is 5.75 Å². The van der Waals surface area contributed by atoms with E-state index in [1.165, 1.54) is 18.4 Å². The average molecular weight is 401 g/mol. The summed E-state index contributed by atoms with van der Waals surface area (Å²) in [5.74, 6) is 1.65. The molecule has 1 fully saturated rings. The Labute approximate surface area is 135 Å². The van der Waals surface area contributed by atoms with Crippen molar-refractivity contribution < 1.29 is 9.15 Å². The lowest BCUT2D eigenvalue weighted by Gasteiger charge is -2.06. The largest absolute Gasteiger partial charge is 0.484 e. The number of hydrogen-bond acceptors (Lipinski definition) is 3. The highest BCUT2D eigenvalue weighted by Gasteiger charge is 2.20. The van der Waals surface area contributed by atoms with Crippen LogP contribution in [-0.4, -0.2) is 6.04 Å². The Hall–Kier alpha value is -0.780. The molecule has 0 amide bonds. The lowest BCUT2D eigenvalue weighted by atomic mass is 10.3. The molecule has 1 saturated carbocycles. The van der Waals surface area contributed by atoms with Crippen molar-refractivity contribution in [3.05, 3.63) is 50.8 Å². The first-order valence-electron chi connectivity index (χ1n) is 6.58. The van der Waals surface area contributed by atoms with E-state index in [2.05, 4.69) is 37.2 Å². The SMILES string of the molecule is Brc1ccc(OCc2cc(CNC3CC3)co2)c(Br)c1. The number of benzene rings is 1. The number of furan rings is 1. The van der Waals surface area contributed by atoms with Gasteiger partial charge in [-0.05, 0) is 53.0 Å². The molecule has 0 radical (unpaired) electrons. The molecular formula is C15H15Br2NO2. The molecule has 1 aliphatic carbocycles. The monoisotopic (exact) mass is 399 g/mol. The van der Waals surface area contributed by atoms with Crippen molar-refractivity contribution in [1.82, 2.24) is 5.32 Å². The van der Waals surface area contributed by atoms with Gasteiger partial charge < -0.3 is 14.5 Å². The zero-order chi connectivity index (χ0) is 13.9. The highest BCUT2D eigenvalue weighted by Crippen LogP contribution is 2.29. The van der Waals surface area contributed by atoms with E-state index in [1.54, 1.807) is 6.26 Å². The molecule has 1 aromatic carbocycles. The van der Waals surface area contributed by atoms with E-state index in [4.69, 9.17) is 9.15 Å². The molecule has 2 aromatic rings. The first kappa shape index (κ1) is 14.2. The molecule has 1 aromatic heterocycles. The summed E-state index contributed by atoms with van der Waals surface area (Å²) in [6, 6.07) is 8.59. The number of nitrogens with one attached hydrogen (secondary N) is 1. The van der Waals surface area contributed by atoms with Crippen molar-refractivity contribution in [3.8, 4) is 5.75 Å². The van der Waals surface area contributed by atoms with E-state index in [0.29, 0.717) is 12.6 Å².